The van der Waals surface area contributed by atoms with Gasteiger partial charge in [0, 0.05) is 30.1 Å². The van der Waals surface area contributed by atoms with Gasteiger partial charge in [-0.15, -0.1) is 0 Å². The summed E-state index contributed by atoms with van der Waals surface area (Å²) in [5.74, 6) is 0.480. The van der Waals surface area contributed by atoms with Gasteiger partial charge in [0.25, 0.3) is 0 Å². The molecule has 1 heterocycles. The molecule has 0 radical (unpaired) electrons. The Bertz CT molecular complexity index is 258. The zero-order chi connectivity index (χ0) is 12.3. The van der Waals surface area contributed by atoms with Crippen LogP contribution in [-0.2, 0) is 9.53 Å². The highest BCUT2D eigenvalue weighted by Gasteiger charge is 2.37. The minimum atomic E-state index is -1.41. The summed E-state index contributed by atoms with van der Waals surface area (Å²) in [6.07, 6.45) is 0. The number of aliphatic hydroxyl groups is 1. The predicted octanol–water partition coefficient (Wildman–Crippen LogP) is 0.736. The average Bonchev–Trinajstić information content (AvgIpc) is 2.23. The lowest BCUT2D eigenvalue weighted by atomic mass is 10.0. The van der Waals surface area contributed by atoms with Crippen LogP contribution in [-0.4, -0.2) is 58.8 Å². The fourth-order valence-corrected chi connectivity index (χ4v) is 3.06. The number of β-amino-alcohol motifs (C(OH)–C–C–N with tert-alkyl or cyclic N) is 1. The monoisotopic (exact) mass is 247 g/mol. The third kappa shape index (κ3) is 3.12. The molecule has 1 N–H and O–H groups in total. The highest BCUT2D eigenvalue weighted by molar-refractivity contribution is 8.00. The Labute approximate surface area is 101 Å². The van der Waals surface area contributed by atoms with E-state index in [1.54, 1.807) is 0 Å². The molecule has 1 fully saturated rings. The van der Waals surface area contributed by atoms with Gasteiger partial charge >= 0.3 is 5.97 Å². The minimum absolute atomic E-state index is 0.339. The minimum Gasteiger partial charge on any atom is -0.467 e. The van der Waals surface area contributed by atoms with Crippen molar-refractivity contribution in [2.24, 2.45) is 0 Å². The van der Waals surface area contributed by atoms with Gasteiger partial charge in [-0.3, -0.25) is 4.90 Å². The van der Waals surface area contributed by atoms with Crippen LogP contribution in [0.4, 0.5) is 0 Å². The van der Waals surface area contributed by atoms with E-state index < -0.39 is 11.6 Å². The highest BCUT2D eigenvalue weighted by atomic mass is 32.2. The van der Waals surface area contributed by atoms with E-state index in [1.807, 2.05) is 11.8 Å². The number of ether oxygens (including phenoxy) is 1. The lowest BCUT2D eigenvalue weighted by Gasteiger charge is -2.40. The van der Waals surface area contributed by atoms with Gasteiger partial charge in [0.15, 0.2) is 5.60 Å². The van der Waals surface area contributed by atoms with Crippen LogP contribution < -0.4 is 0 Å². The van der Waals surface area contributed by atoms with Crippen molar-refractivity contribution < 1.29 is 14.6 Å². The van der Waals surface area contributed by atoms with Gasteiger partial charge in [-0.25, -0.2) is 4.79 Å². The van der Waals surface area contributed by atoms with Crippen LogP contribution in [0.3, 0.4) is 0 Å². The number of nitrogens with zero attached hydrogens (tertiary/aromatic N) is 1. The Morgan fingerprint density at radius 2 is 2.25 bits per heavy atom. The summed E-state index contributed by atoms with van der Waals surface area (Å²) in [7, 11) is 1.30. The lowest BCUT2D eigenvalue weighted by molar-refractivity contribution is -0.162. The zero-order valence-electron chi connectivity index (χ0n) is 10.4. The largest absolute Gasteiger partial charge is 0.467 e. The predicted molar refractivity (Wildman–Crippen MR) is 65.6 cm³/mol. The first-order valence-electron chi connectivity index (χ1n) is 5.55. The molecule has 3 atom stereocenters. The molecular formula is C11H21NO3S. The number of hydrogen-bond donors (Lipinski definition) is 1. The van der Waals surface area contributed by atoms with Crippen molar-refractivity contribution in [3.63, 3.8) is 0 Å². The quantitative estimate of drug-likeness (QED) is 0.745. The van der Waals surface area contributed by atoms with Crippen molar-refractivity contribution in [2.75, 3.05) is 26.0 Å². The van der Waals surface area contributed by atoms with E-state index in [1.165, 1.54) is 14.0 Å². The molecule has 94 valence electrons. The topological polar surface area (TPSA) is 49.8 Å². The van der Waals surface area contributed by atoms with E-state index in [2.05, 4.69) is 23.5 Å². The molecule has 0 aromatic heterocycles. The molecule has 1 aliphatic heterocycles. The van der Waals surface area contributed by atoms with Gasteiger partial charge < -0.3 is 9.84 Å². The number of rotatable bonds is 3. The summed E-state index contributed by atoms with van der Waals surface area (Å²) >= 11 is 1.93. The van der Waals surface area contributed by atoms with Crippen molar-refractivity contribution in [1.82, 2.24) is 4.90 Å². The second-order valence-electron chi connectivity index (χ2n) is 4.55. The second kappa shape index (κ2) is 5.38. The van der Waals surface area contributed by atoms with Crippen LogP contribution in [0.1, 0.15) is 20.8 Å². The van der Waals surface area contributed by atoms with Crippen LogP contribution >= 0.6 is 11.8 Å². The lowest BCUT2D eigenvalue weighted by Crippen LogP contribution is -2.54. The van der Waals surface area contributed by atoms with E-state index >= 15 is 0 Å². The van der Waals surface area contributed by atoms with E-state index in [4.69, 9.17) is 0 Å². The third-order valence-electron chi connectivity index (χ3n) is 3.15. The molecule has 0 saturated carbocycles. The molecule has 0 aliphatic carbocycles. The highest BCUT2D eigenvalue weighted by Crippen LogP contribution is 2.25. The van der Waals surface area contributed by atoms with Crippen molar-refractivity contribution >= 4 is 17.7 Å². The number of thioether (sulfide) groups is 1. The summed E-state index contributed by atoms with van der Waals surface area (Å²) < 4.78 is 4.60. The van der Waals surface area contributed by atoms with E-state index in [0.29, 0.717) is 17.8 Å². The summed E-state index contributed by atoms with van der Waals surface area (Å²) in [5.41, 5.74) is -1.41. The van der Waals surface area contributed by atoms with E-state index in [-0.39, 0.29) is 0 Å². The first kappa shape index (κ1) is 13.8. The molecule has 3 unspecified atom stereocenters. The van der Waals surface area contributed by atoms with Gasteiger partial charge in [-0.05, 0) is 13.8 Å². The van der Waals surface area contributed by atoms with Crippen LogP contribution in [0.5, 0.6) is 0 Å². The maximum Gasteiger partial charge on any atom is 0.338 e. The normalized spacial score (nSPS) is 30.8. The van der Waals surface area contributed by atoms with Gasteiger partial charge in [-0.1, -0.05) is 6.92 Å². The number of esters is 1. The summed E-state index contributed by atoms with van der Waals surface area (Å²) in [6.45, 7) is 7.06. The van der Waals surface area contributed by atoms with Gasteiger partial charge in [0.1, 0.15) is 0 Å². The van der Waals surface area contributed by atoms with E-state index in [0.717, 1.165) is 12.3 Å². The van der Waals surface area contributed by atoms with Crippen molar-refractivity contribution in [1.29, 1.82) is 0 Å². The molecular weight excluding hydrogens is 226 g/mol. The van der Waals surface area contributed by atoms with E-state index in [9.17, 15) is 9.90 Å². The smallest absolute Gasteiger partial charge is 0.338 e. The number of carbonyl (C=O) groups excluding carboxylic acids is 1. The SMILES string of the molecule is COC(=O)C(C)(O)CN1CCSC(C)C1C. The van der Waals surface area contributed by atoms with Crippen molar-refractivity contribution in [3.8, 4) is 0 Å². The second-order valence-corrected chi connectivity index (χ2v) is 6.04. The van der Waals surface area contributed by atoms with Gasteiger partial charge in [0.05, 0.1) is 7.11 Å². The summed E-state index contributed by atoms with van der Waals surface area (Å²) in [6, 6.07) is 0.370. The molecule has 0 spiro atoms. The summed E-state index contributed by atoms with van der Waals surface area (Å²) in [5, 5.41) is 10.5. The zero-order valence-corrected chi connectivity index (χ0v) is 11.2. The molecule has 0 bridgehead atoms. The average molecular weight is 247 g/mol. The Kier molecular flexibility index (Phi) is 4.64. The third-order valence-corrected chi connectivity index (χ3v) is 4.49. The van der Waals surface area contributed by atoms with Crippen molar-refractivity contribution in [2.45, 2.75) is 37.7 Å². The summed E-state index contributed by atoms with van der Waals surface area (Å²) in [4.78, 5) is 13.5. The fourth-order valence-electron chi connectivity index (χ4n) is 1.90. The van der Waals surface area contributed by atoms with Crippen LogP contribution in [0.25, 0.3) is 0 Å². The molecule has 1 saturated heterocycles. The molecule has 0 aromatic rings. The number of carbonyl (C=O) groups is 1. The molecule has 1 rings (SSSR count). The molecule has 1 aliphatic rings. The number of hydrogen-bond acceptors (Lipinski definition) is 5. The maximum atomic E-state index is 11.4. The Morgan fingerprint density at radius 3 is 2.81 bits per heavy atom. The first-order valence-corrected chi connectivity index (χ1v) is 6.60. The van der Waals surface area contributed by atoms with Gasteiger partial charge in [0.2, 0.25) is 0 Å². The molecule has 16 heavy (non-hydrogen) atoms. The molecule has 0 amide bonds. The molecule has 0 aromatic carbocycles. The molecule has 5 heteroatoms. The first-order chi connectivity index (χ1) is 7.38. The van der Waals surface area contributed by atoms with Crippen LogP contribution in [0.2, 0.25) is 0 Å². The molecule has 4 nitrogen and oxygen atoms in total. The Hall–Kier alpha value is -0.260. The standard InChI is InChI=1S/C11H21NO3S/c1-8-9(2)16-6-5-12(8)7-11(3,14)10(13)15-4/h8-9,14H,5-7H2,1-4H3. The fraction of sp³-hybridized carbons (Fsp3) is 0.909. The van der Waals surface area contributed by atoms with Crippen molar-refractivity contribution in [3.05, 3.63) is 0 Å². The number of methoxy groups -OCH3 is 1. The maximum absolute atomic E-state index is 11.4. The van der Waals surface area contributed by atoms with Gasteiger partial charge in [-0.2, -0.15) is 11.8 Å². The Morgan fingerprint density at radius 1 is 1.62 bits per heavy atom. The Balaban J connectivity index is 2.62. The van der Waals surface area contributed by atoms with Crippen LogP contribution in [0.15, 0.2) is 0 Å². The van der Waals surface area contributed by atoms with Crippen LogP contribution in [0, 0.1) is 0 Å².